The summed E-state index contributed by atoms with van der Waals surface area (Å²) in [5, 5.41) is 6.82. The van der Waals surface area contributed by atoms with Gasteiger partial charge in [-0.15, -0.1) is 0 Å². The molecule has 0 fully saturated rings. The van der Waals surface area contributed by atoms with Gasteiger partial charge in [-0.05, 0) is 42.0 Å². The van der Waals surface area contributed by atoms with E-state index in [0.717, 1.165) is 28.8 Å². The summed E-state index contributed by atoms with van der Waals surface area (Å²) >= 11 is 5.23. The lowest BCUT2D eigenvalue weighted by Gasteiger charge is -2.09. The Morgan fingerprint density at radius 2 is 1.87 bits per heavy atom. The average Bonchev–Trinajstić information content (AvgIpc) is 2.97. The number of hydrogen-bond acceptors (Lipinski definition) is 2. The highest BCUT2D eigenvalue weighted by Crippen LogP contribution is 2.10. The lowest BCUT2D eigenvalue weighted by molar-refractivity contribution is 0.626. The van der Waals surface area contributed by atoms with Crippen molar-refractivity contribution in [3.05, 3.63) is 65.7 Å². The Bertz CT molecular complexity index is 765. The fourth-order valence-electron chi connectivity index (χ4n) is 2.27. The molecule has 0 spiro atoms. The topological polar surface area (TPSA) is 52.7 Å². The van der Waals surface area contributed by atoms with Gasteiger partial charge in [0.25, 0.3) is 0 Å². The molecule has 0 aliphatic rings. The zero-order valence-corrected chi connectivity index (χ0v) is 13.3. The van der Waals surface area contributed by atoms with Crippen LogP contribution in [0.5, 0.6) is 0 Å². The van der Waals surface area contributed by atoms with Crippen LogP contribution < -0.4 is 10.6 Å². The van der Waals surface area contributed by atoms with Gasteiger partial charge in [-0.1, -0.05) is 24.3 Å². The second kappa shape index (κ2) is 7.19. The molecule has 0 radical (unpaired) electrons. The van der Waals surface area contributed by atoms with Gasteiger partial charge < -0.3 is 15.6 Å². The summed E-state index contributed by atoms with van der Waals surface area (Å²) in [6.45, 7) is 1.26. The zero-order chi connectivity index (χ0) is 16.1. The normalized spacial score (nSPS) is 10.7. The van der Waals surface area contributed by atoms with E-state index in [9.17, 15) is 4.39 Å². The Morgan fingerprint density at radius 1 is 1.09 bits per heavy atom. The van der Waals surface area contributed by atoms with Crippen molar-refractivity contribution in [3.8, 4) is 0 Å². The maximum atomic E-state index is 12.8. The zero-order valence-electron chi connectivity index (χ0n) is 12.5. The molecule has 3 N–H and O–H groups in total. The monoisotopic (exact) mass is 328 g/mol. The number of fused-ring (bicyclic) bond motifs is 1. The maximum Gasteiger partial charge on any atom is 0.166 e. The van der Waals surface area contributed by atoms with Crippen molar-refractivity contribution in [3.63, 3.8) is 0 Å². The molecule has 1 heterocycles. The Kier molecular flexibility index (Phi) is 4.83. The second-order valence-electron chi connectivity index (χ2n) is 5.19. The summed E-state index contributed by atoms with van der Waals surface area (Å²) in [5.41, 5.74) is 2.99. The lowest BCUT2D eigenvalue weighted by Crippen LogP contribution is -2.36. The molecule has 6 heteroatoms. The summed E-state index contributed by atoms with van der Waals surface area (Å²) < 4.78 is 12.8. The van der Waals surface area contributed by atoms with Gasteiger partial charge in [0.1, 0.15) is 11.6 Å². The fraction of sp³-hybridized carbons (Fsp3) is 0.176. The van der Waals surface area contributed by atoms with E-state index < -0.39 is 0 Å². The fourth-order valence-corrected chi connectivity index (χ4v) is 2.44. The molecule has 118 valence electrons. The van der Waals surface area contributed by atoms with Gasteiger partial charge in [0.05, 0.1) is 11.0 Å². The van der Waals surface area contributed by atoms with Gasteiger partial charge in [0, 0.05) is 19.5 Å². The molecule has 0 atom stereocenters. The highest BCUT2D eigenvalue weighted by molar-refractivity contribution is 7.80. The number of nitrogens with one attached hydrogen (secondary N) is 3. The molecular weight excluding hydrogens is 311 g/mol. The van der Waals surface area contributed by atoms with E-state index in [0.29, 0.717) is 18.2 Å². The average molecular weight is 328 g/mol. The summed E-state index contributed by atoms with van der Waals surface area (Å²) in [4.78, 5) is 7.80. The number of hydrogen-bond donors (Lipinski definition) is 3. The number of rotatable bonds is 5. The SMILES string of the molecule is Fc1ccc(CNC(=S)NCCc2nc3ccccc3[nH]2)cc1. The van der Waals surface area contributed by atoms with Crippen LogP contribution >= 0.6 is 12.2 Å². The first kappa shape index (κ1) is 15.4. The lowest BCUT2D eigenvalue weighted by atomic mass is 10.2. The van der Waals surface area contributed by atoms with Gasteiger partial charge >= 0.3 is 0 Å². The number of halogens is 1. The molecule has 4 nitrogen and oxygen atoms in total. The third-order valence-corrected chi connectivity index (χ3v) is 3.74. The molecule has 0 aliphatic carbocycles. The highest BCUT2D eigenvalue weighted by Gasteiger charge is 2.02. The first-order valence-electron chi connectivity index (χ1n) is 7.40. The molecular formula is C17H17FN4S. The third kappa shape index (κ3) is 4.26. The van der Waals surface area contributed by atoms with Crippen LogP contribution in [-0.4, -0.2) is 21.6 Å². The minimum atomic E-state index is -0.236. The van der Waals surface area contributed by atoms with Crippen molar-refractivity contribution in [2.24, 2.45) is 0 Å². The van der Waals surface area contributed by atoms with Gasteiger partial charge in [-0.25, -0.2) is 9.37 Å². The van der Waals surface area contributed by atoms with Crippen molar-refractivity contribution in [2.45, 2.75) is 13.0 Å². The predicted molar refractivity (Wildman–Crippen MR) is 93.6 cm³/mol. The number of aromatic nitrogens is 2. The number of aromatic amines is 1. The maximum absolute atomic E-state index is 12.8. The molecule has 0 saturated carbocycles. The van der Waals surface area contributed by atoms with E-state index in [-0.39, 0.29) is 5.82 Å². The number of benzene rings is 2. The van der Waals surface area contributed by atoms with E-state index in [1.54, 1.807) is 12.1 Å². The molecule has 0 aliphatic heterocycles. The predicted octanol–water partition coefficient (Wildman–Crippen LogP) is 2.91. The van der Waals surface area contributed by atoms with Crippen molar-refractivity contribution in [2.75, 3.05) is 6.54 Å². The first-order valence-corrected chi connectivity index (χ1v) is 7.81. The molecule has 0 unspecified atom stereocenters. The summed E-state index contributed by atoms with van der Waals surface area (Å²) in [6, 6.07) is 14.3. The molecule has 0 bridgehead atoms. The van der Waals surface area contributed by atoms with Crippen molar-refractivity contribution in [1.82, 2.24) is 20.6 Å². The molecule has 23 heavy (non-hydrogen) atoms. The summed E-state index contributed by atoms with van der Waals surface area (Å²) in [7, 11) is 0. The van der Waals surface area contributed by atoms with Crippen molar-refractivity contribution < 1.29 is 4.39 Å². The van der Waals surface area contributed by atoms with Crippen LogP contribution in [-0.2, 0) is 13.0 Å². The van der Waals surface area contributed by atoms with Crippen LogP contribution in [0, 0.1) is 5.82 Å². The highest BCUT2D eigenvalue weighted by atomic mass is 32.1. The van der Waals surface area contributed by atoms with Gasteiger partial charge in [0.15, 0.2) is 5.11 Å². The Balaban J connectivity index is 1.43. The van der Waals surface area contributed by atoms with Crippen molar-refractivity contribution >= 4 is 28.4 Å². The Morgan fingerprint density at radius 3 is 2.65 bits per heavy atom. The quantitative estimate of drug-likeness (QED) is 0.631. The largest absolute Gasteiger partial charge is 0.362 e. The standard InChI is InChI=1S/C17H17FN4S/c18-13-7-5-12(6-8-13)11-20-17(23)19-10-9-16-21-14-3-1-2-4-15(14)22-16/h1-8H,9-11H2,(H,21,22)(H2,19,20,23). The smallest absolute Gasteiger partial charge is 0.166 e. The minimum Gasteiger partial charge on any atom is -0.362 e. The third-order valence-electron chi connectivity index (χ3n) is 3.45. The van der Waals surface area contributed by atoms with E-state index in [2.05, 4.69) is 20.6 Å². The van der Waals surface area contributed by atoms with Crippen LogP contribution in [0.25, 0.3) is 11.0 Å². The second-order valence-corrected chi connectivity index (χ2v) is 5.59. The molecule has 2 aromatic carbocycles. The van der Waals surface area contributed by atoms with E-state index >= 15 is 0 Å². The number of H-pyrrole nitrogens is 1. The van der Waals surface area contributed by atoms with Gasteiger partial charge in [-0.3, -0.25) is 0 Å². The Hall–Kier alpha value is -2.47. The van der Waals surface area contributed by atoms with Crippen LogP contribution in [0.2, 0.25) is 0 Å². The van der Waals surface area contributed by atoms with Gasteiger partial charge in [0.2, 0.25) is 0 Å². The van der Waals surface area contributed by atoms with Gasteiger partial charge in [-0.2, -0.15) is 0 Å². The summed E-state index contributed by atoms with van der Waals surface area (Å²) in [5.74, 6) is 0.695. The first-order chi connectivity index (χ1) is 11.2. The number of thiocarbonyl (C=S) groups is 1. The number of para-hydroxylation sites is 2. The van der Waals surface area contributed by atoms with E-state index in [4.69, 9.17) is 12.2 Å². The molecule has 1 aromatic heterocycles. The Labute approximate surface area is 139 Å². The van der Waals surface area contributed by atoms with Crippen LogP contribution in [0.4, 0.5) is 4.39 Å². The molecule has 3 aromatic rings. The molecule has 3 rings (SSSR count). The minimum absolute atomic E-state index is 0.236. The van der Waals surface area contributed by atoms with E-state index in [1.807, 2.05) is 24.3 Å². The van der Waals surface area contributed by atoms with E-state index in [1.165, 1.54) is 12.1 Å². The van der Waals surface area contributed by atoms with Crippen molar-refractivity contribution in [1.29, 1.82) is 0 Å². The van der Waals surface area contributed by atoms with Crippen LogP contribution in [0.1, 0.15) is 11.4 Å². The van der Waals surface area contributed by atoms with Crippen LogP contribution in [0.3, 0.4) is 0 Å². The summed E-state index contributed by atoms with van der Waals surface area (Å²) in [6.07, 6.45) is 0.757. The number of nitrogens with zero attached hydrogens (tertiary/aromatic N) is 1. The molecule has 0 saturated heterocycles. The number of imidazole rings is 1. The molecule has 0 amide bonds. The van der Waals surface area contributed by atoms with Crippen LogP contribution in [0.15, 0.2) is 48.5 Å².